The molecular weight excluding hydrogens is 432 g/mol. The number of nitrogens with two attached hydrogens (primary N) is 1. The molecule has 0 bridgehead atoms. The first-order chi connectivity index (χ1) is 14.5. The number of nitrogens with one attached hydrogen (secondary N) is 1. The molecule has 1 aromatic rings. The molecule has 1 heterocycles. The second-order valence-electron chi connectivity index (χ2n) is 7.46. The van der Waals surface area contributed by atoms with Gasteiger partial charge in [0.1, 0.15) is 24.0 Å². The quantitative estimate of drug-likeness (QED) is 0.206. The number of aliphatic hydroxyl groups excluding tert-OH is 1. The van der Waals surface area contributed by atoms with Crippen LogP contribution in [0.15, 0.2) is 35.3 Å². The number of nitrogens with zero attached hydrogens (tertiary/aromatic N) is 1. The number of alkyl halides is 1. The number of halogens is 1. The van der Waals surface area contributed by atoms with Crippen molar-refractivity contribution in [2.75, 3.05) is 6.61 Å². The molecule has 1 aliphatic heterocycles. The molecule has 0 aromatic heterocycles. The summed E-state index contributed by atoms with van der Waals surface area (Å²) >= 11 is 0. The Kier molecular flexibility index (Phi) is 8.56. The summed E-state index contributed by atoms with van der Waals surface area (Å²) in [5, 5.41) is 12.7. The second-order valence-corrected chi connectivity index (χ2v) is 9.15. The number of aliphatic imine (C=N–C) groups is 1. The Morgan fingerprint density at radius 3 is 2.65 bits per heavy atom. The van der Waals surface area contributed by atoms with Crippen LogP contribution in [0.25, 0.3) is 0 Å². The maximum absolute atomic E-state index is 14.7. The van der Waals surface area contributed by atoms with Gasteiger partial charge in [0.2, 0.25) is 0 Å². The zero-order chi connectivity index (χ0) is 23.2. The van der Waals surface area contributed by atoms with Gasteiger partial charge in [-0.15, -0.1) is 0 Å². The monoisotopic (exact) mass is 461 g/mol. The highest BCUT2D eigenvalue weighted by Crippen LogP contribution is 2.46. The SMILES string of the molecule is CC(C)OC(=O)[C@H](C)NP(=O)(OC[C@H]1O[C@@H](N=CN)[C@](C)(F)[C@@H]1O)Oc1ccccc1. The van der Waals surface area contributed by atoms with Crippen LogP contribution in [0.3, 0.4) is 0 Å². The van der Waals surface area contributed by atoms with Crippen molar-refractivity contribution in [3.8, 4) is 5.75 Å². The predicted octanol–water partition coefficient (Wildman–Crippen LogP) is 1.92. The summed E-state index contributed by atoms with van der Waals surface area (Å²) in [5.74, 6) is -0.460. The molecule has 2 rings (SSSR count). The van der Waals surface area contributed by atoms with E-state index >= 15 is 0 Å². The summed E-state index contributed by atoms with van der Waals surface area (Å²) in [6.45, 7) is 5.38. The van der Waals surface area contributed by atoms with Crippen molar-refractivity contribution >= 4 is 20.1 Å². The molecule has 174 valence electrons. The topological polar surface area (TPSA) is 142 Å². The lowest BCUT2D eigenvalue weighted by Gasteiger charge is -2.25. The zero-order valence-electron chi connectivity index (χ0n) is 17.8. The summed E-state index contributed by atoms with van der Waals surface area (Å²) in [6.07, 6.45) is -3.71. The van der Waals surface area contributed by atoms with E-state index in [9.17, 15) is 18.9 Å². The zero-order valence-corrected chi connectivity index (χ0v) is 18.7. The highest BCUT2D eigenvalue weighted by Gasteiger charge is 2.54. The number of rotatable bonds is 10. The van der Waals surface area contributed by atoms with Gasteiger partial charge in [0.05, 0.1) is 19.0 Å². The van der Waals surface area contributed by atoms with E-state index in [-0.39, 0.29) is 11.9 Å². The van der Waals surface area contributed by atoms with E-state index in [0.29, 0.717) is 0 Å². The van der Waals surface area contributed by atoms with E-state index in [2.05, 4.69) is 10.1 Å². The predicted molar refractivity (Wildman–Crippen MR) is 111 cm³/mol. The molecule has 0 aliphatic carbocycles. The molecule has 0 spiro atoms. The maximum atomic E-state index is 14.7. The van der Waals surface area contributed by atoms with Gasteiger partial charge in [-0.2, -0.15) is 5.09 Å². The molecule has 1 aliphatic rings. The van der Waals surface area contributed by atoms with Crippen LogP contribution in [0, 0.1) is 0 Å². The van der Waals surface area contributed by atoms with Gasteiger partial charge in [-0.05, 0) is 39.8 Å². The third kappa shape index (κ3) is 6.72. The average molecular weight is 461 g/mol. The Hall–Kier alpha value is -2.04. The van der Waals surface area contributed by atoms with Crippen molar-refractivity contribution in [3.05, 3.63) is 30.3 Å². The second kappa shape index (κ2) is 10.5. The number of para-hydroxylation sites is 1. The fourth-order valence-electron chi connectivity index (χ4n) is 2.78. The lowest BCUT2D eigenvalue weighted by molar-refractivity contribution is -0.149. The number of carbonyl (C=O) groups is 1. The van der Waals surface area contributed by atoms with Crippen LogP contribution in [0.4, 0.5) is 4.39 Å². The van der Waals surface area contributed by atoms with E-state index < -0.39 is 50.5 Å². The van der Waals surface area contributed by atoms with Crippen molar-refractivity contribution in [2.24, 2.45) is 10.7 Å². The summed E-state index contributed by atoms with van der Waals surface area (Å²) in [4.78, 5) is 15.8. The molecule has 1 aromatic carbocycles. The van der Waals surface area contributed by atoms with Crippen molar-refractivity contribution in [1.29, 1.82) is 0 Å². The molecular formula is C19H29FN3O7P. The molecule has 1 saturated heterocycles. The van der Waals surface area contributed by atoms with Gasteiger partial charge in [-0.25, -0.2) is 13.9 Å². The van der Waals surface area contributed by atoms with Gasteiger partial charge in [0.25, 0.3) is 0 Å². The van der Waals surface area contributed by atoms with Gasteiger partial charge in [0, 0.05) is 0 Å². The van der Waals surface area contributed by atoms with Gasteiger partial charge in [0.15, 0.2) is 11.9 Å². The first-order valence-electron chi connectivity index (χ1n) is 9.72. The number of ether oxygens (including phenoxy) is 2. The number of aliphatic hydroxyl groups is 1. The van der Waals surface area contributed by atoms with Crippen LogP contribution in [0.1, 0.15) is 27.7 Å². The normalized spacial score (nSPS) is 29.1. The number of hydrogen-bond acceptors (Lipinski definition) is 8. The molecule has 4 N–H and O–H groups in total. The van der Waals surface area contributed by atoms with Crippen LogP contribution in [0.2, 0.25) is 0 Å². The smallest absolute Gasteiger partial charge is 0.459 e. The Labute approximate surface area is 180 Å². The van der Waals surface area contributed by atoms with Gasteiger partial charge in [-0.3, -0.25) is 9.32 Å². The van der Waals surface area contributed by atoms with Crippen LogP contribution in [-0.2, 0) is 23.4 Å². The van der Waals surface area contributed by atoms with Crippen molar-refractivity contribution in [3.63, 3.8) is 0 Å². The standard InChI is InChI=1S/C19H29FN3O7P/c1-12(2)28-17(25)13(3)23-31(26,30-14-8-6-5-7-9-14)27-10-15-16(24)19(4,20)18(29-15)22-11-21/h5-9,11-13,15-16,18,24H,10H2,1-4H3,(H2,21,22)(H,23,26)/t13-,15+,16+,18+,19+,31?/m0/s1. The summed E-state index contributed by atoms with van der Waals surface area (Å²) < 4.78 is 49.5. The number of esters is 1. The fourth-order valence-corrected chi connectivity index (χ4v) is 4.28. The number of hydrogen-bond donors (Lipinski definition) is 3. The van der Waals surface area contributed by atoms with E-state index in [1.807, 2.05) is 0 Å². The molecule has 0 saturated carbocycles. The van der Waals surface area contributed by atoms with E-state index in [0.717, 1.165) is 13.3 Å². The minimum atomic E-state index is -4.18. The molecule has 1 fully saturated rings. The Morgan fingerprint density at radius 1 is 1.42 bits per heavy atom. The van der Waals surface area contributed by atoms with Crippen LogP contribution in [0.5, 0.6) is 5.75 Å². The summed E-state index contributed by atoms with van der Waals surface area (Å²) in [5.41, 5.74) is 2.96. The number of benzene rings is 1. The Balaban J connectivity index is 2.15. The minimum Gasteiger partial charge on any atom is -0.462 e. The maximum Gasteiger partial charge on any atom is 0.459 e. The Morgan fingerprint density at radius 2 is 2.06 bits per heavy atom. The van der Waals surface area contributed by atoms with E-state index in [1.165, 1.54) is 6.92 Å². The van der Waals surface area contributed by atoms with Gasteiger partial charge >= 0.3 is 13.7 Å². The van der Waals surface area contributed by atoms with Crippen LogP contribution >= 0.6 is 7.75 Å². The lowest BCUT2D eigenvalue weighted by atomic mass is 9.99. The molecule has 0 amide bonds. The molecule has 1 unspecified atom stereocenters. The van der Waals surface area contributed by atoms with Gasteiger partial charge < -0.3 is 24.8 Å². The molecule has 6 atom stereocenters. The fraction of sp³-hybridized carbons (Fsp3) is 0.579. The highest BCUT2D eigenvalue weighted by molar-refractivity contribution is 7.52. The molecule has 10 nitrogen and oxygen atoms in total. The van der Waals surface area contributed by atoms with Crippen molar-refractivity contribution in [1.82, 2.24) is 5.09 Å². The summed E-state index contributed by atoms with van der Waals surface area (Å²) in [7, 11) is -4.18. The average Bonchev–Trinajstić information content (AvgIpc) is 2.90. The third-order valence-electron chi connectivity index (χ3n) is 4.37. The molecule has 0 radical (unpaired) electrons. The van der Waals surface area contributed by atoms with Crippen LogP contribution in [-0.4, -0.2) is 60.3 Å². The van der Waals surface area contributed by atoms with E-state index in [1.54, 1.807) is 44.2 Å². The van der Waals surface area contributed by atoms with E-state index in [4.69, 9.17) is 24.3 Å². The molecule has 12 heteroatoms. The first-order valence-corrected chi connectivity index (χ1v) is 11.3. The minimum absolute atomic E-state index is 0.205. The Bertz CT molecular complexity index is 809. The first kappa shape index (κ1) is 25.2. The van der Waals surface area contributed by atoms with Crippen LogP contribution < -0.4 is 15.3 Å². The molecule has 31 heavy (non-hydrogen) atoms. The van der Waals surface area contributed by atoms with Gasteiger partial charge in [-0.1, -0.05) is 18.2 Å². The summed E-state index contributed by atoms with van der Waals surface area (Å²) in [6, 6.07) is 7.08. The third-order valence-corrected chi connectivity index (χ3v) is 6.02. The highest BCUT2D eigenvalue weighted by atomic mass is 31.2. The van der Waals surface area contributed by atoms with Crippen molar-refractivity contribution < 1.29 is 37.4 Å². The largest absolute Gasteiger partial charge is 0.462 e. The number of carbonyl (C=O) groups excluding carboxylic acids is 1. The lowest BCUT2D eigenvalue weighted by Crippen LogP contribution is -2.42. The van der Waals surface area contributed by atoms with Crippen molar-refractivity contribution in [2.45, 2.75) is 63.9 Å².